The van der Waals surface area contributed by atoms with E-state index in [1.807, 2.05) is 34.5 Å². The number of carbonyl (C=O) groups excluding carboxylic acids is 1. The summed E-state index contributed by atoms with van der Waals surface area (Å²) in [4.78, 5) is 28.0. The van der Waals surface area contributed by atoms with Crippen molar-refractivity contribution in [2.45, 2.75) is 13.2 Å². The number of non-ortho nitro benzene ring substituents is 1. The predicted octanol–water partition coefficient (Wildman–Crippen LogP) is 5.50. The van der Waals surface area contributed by atoms with Gasteiger partial charge >= 0.3 is 0 Å². The summed E-state index contributed by atoms with van der Waals surface area (Å²) >= 11 is 14.0. The molecule has 2 aromatic carbocycles. The average Bonchev–Trinajstić information content (AvgIpc) is 3.29. The predicted molar refractivity (Wildman–Crippen MR) is 129 cm³/mol. The molecule has 0 radical (unpaired) electrons. The first-order chi connectivity index (χ1) is 15.9. The molecule has 1 aromatic heterocycles. The minimum Gasteiger partial charge on any atom is -0.489 e. The lowest BCUT2D eigenvalue weighted by atomic mass is 10.2. The van der Waals surface area contributed by atoms with E-state index in [2.05, 4.69) is 4.90 Å². The molecule has 1 aliphatic heterocycles. The van der Waals surface area contributed by atoms with Crippen LogP contribution in [0.1, 0.15) is 20.8 Å². The van der Waals surface area contributed by atoms with E-state index in [0.29, 0.717) is 40.3 Å². The van der Waals surface area contributed by atoms with Crippen LogP contribution in [0, 0.1) is 10.1 Å². The highest BCUT2D eigenvalue weighted by Gasteiger charge is 2.24. The molecule has 33 heavy (non-hydrogen) atoms. The Bertz CT molecular complexity index is 1120. The van der Waals surface area contributed by atoms with E-state index in [1.165, 1.54) is 23.5 Å². The molecule has 0 atom stereocenters. The summed E-state index contributed by atoms with van der Waals surface area (Å²) in [5.74, 6) is 0.548. The van der Waals surface area contributed by atoms with Gasteiger partial charge in [0.25, 0.3) is 11.6 Å². The fourth-order valence-corrected chi connectivity index (χ4v) is 4.95. The summed E-state index contributed by atoms with van der Waals surface area (Å²) in [6, 6.07) is 13.3. The lowest BCUT2D eigenvalue weighted by Gasteiger charge is -2.34. The van der Waals surface area contributed by atoms with Crippen LogP contribution < -0.4 is 4.74 Å². The summed E-state index contributed by atoms with van der Waals surface area (Å²) in [5.41, 5.74) is 1.81. The van der Waals surface area contributed by atoms with E-state index in [0.717, 1.165) is 24.2 Å². The maximum absolute atomic E-state index is 12.9. The Balaban J connectivity index is 1.28. The third-order valence-corrected chi connectivity index (χ3v) is 7.10. The number of hydrogen-bond acceptors (Lipinski definition) is 6. The van der Waals surface area contributed by atoms with Gasteiger partial charge in [0.15, 0.2) is 0 Å². The minimum atomic E-state index is -0.452. The lowest BCUT2D eigenvalue weighted by Crippen LogP contribution is -2.48. The maximum atomic E-state index is 12.9. The second-order valence-electron chi connectivity index (χ2n) is 7.63. The highest BCUT2D eigenvalue weighted by Crippen LogP contribution is 2.27. The largest absolute Gasteiger partial charge is 0.489 e. The Kier molecular flexibility index (Phi) is 7.49. The summed E-state index contributed by atoms with van der Waals surface area (Å²) in [7, 11) is 0. The van der Waals surface area contributed by atoms with Gasteiger partial charge in [-0.1, -0.05) is 29.3 Å². The van der Waals surface area contributed by atoms with Crippen LogP contribution in [0.2, 0.25) is 10.0 Å². The summed E-state index contributed by atoms with van der Waals surface area (Å²) in [5, 5.41) is 13.9. The first-order valence-corrected chi connectivity index (χ1v) is 11.9. The zero-order valence-corrected chi connectivity index (χ0v) is 19.9. The molecule has 1 saturated heterocycles. The molecule has 2 heterocycles. The van der Waals surface area contributed by atoms with E-state index < -0.39 is 4.92 Å². The van der Waals surface area contributed by atoms with E-state index in [4.69, 9.17) is 27.9 Å². The smallest absolute Gasteiger partial charge is 0.269 e. The van der Waals surface area contributed by atoms with Gasteiger partial charge in [0.2, 0.25) is 0 Å². The molecule has 4 rings (SSSR count). The molecule has 10 heteroatoms. The van der Waals surface area contributed by atoms with Gasteiger partial charge in [-0.15, -0.1) is 11.3 Å². The number of piperazine rings is 1. The topological polar surface area (TPSA) is 75.9 Å². The van der Waals surface area contributed by atoms with Crippen LogP contribution in [-0.2, 0) is 13.2 Å². The number of thiophene rings is 1. The Morgan fingerprint density at radius 3 is 2.36 bits per heavy atom. The number of halogens is 2. The highest BCUT2D eigenvalue weighted by molar-refractivity contribution is 7.12. The fourth-order valence-electron chi connectivity index (χ4n) is 3.57. The van der Waals surface area contributed by atoms with Crippen LogP contribution >= 0.6 is 34.5 Å². The first-order valence-electron chi connectivity index (χ1n) is 10.3. The van der Waals surface area contributed by atoms with Crippen molar-refractivity contribution < 1.29 is 14.5 Å². The maximum Gasteiger partial charge on any atom is 0.269 e. The van der Waals surface area contributed by atoms with Gasteiger partial charge in [-0.2, -0.15) is 0 Å². The summed E-state index contributed by atoms with van der Waals surface area (Å²) in [6.07, 6.45) is 0. The van der Waals surface area contributed by atoms with Gasteiger partial charge in [0.1, 0.15) is 12.4 Å². The van der Waals surface area contributed by atoms with Crippen LogP contribution in [0.5, 0.6) is 5.75 Å². The van der Waals surface area contributed by atoms with E-state index >= 15 is 0 Å². The van der Waals surface area contributed by atoms with Gasteiger partial charge < -0.3 is 9.64 Å². The first kappa shape index (κ1) is 23.5. The van der Waals surface area contributed by atoms with Crippen molar-refractivity contribution in [3.8, 4) is 5.75 Å². The number of ether oxygens (including phenoxy) is 1. The second kappa shape index (κ2) is 10.5. The van der Waals surface area contributed by atoms with Crippen molar-refractivity contribution in [2.24, 2.45) is 0 Å². The zero-order chi connectivity index (χ0) is 23.4. The van der Waals surface area contributed by atoms with Crippen LogP contribution in [0.15, 0.2) is 53.9 Å². The number of nitro benzene ring substituents is 1. The molecule has 0 spiro atoms. The number of hydrogen-bond donors (Lipinski definition) is 0. The van der Waals surface area contributed by atoms with Crippen LogP contribution in [-0.4, -0.2) is 46.8 Å². The Morgan fingerprint density at radius 1 is 1.06 bits per heavy atom. The van der Waals surface area contributed by atoms with E-state index in [9.17, 15) is 14.9 Å². The molecule has 0 N–H and O–H groups in total. The van der Waals surface area contributed by atoms with Gasteiger partial charge in [-0.05, 0) is 35.7 Å². The van der Waals surface area contributed by atoms with Gasteiger partial charge in [-0.3, -0.25) is 19.8 Å². The minimum absolute atomic E-state index is 0.0111. The van der Waals surface area contributed by atoms with Crippen molar-refractivity contribution in [1.82, 2.24) is 9.80 Å². The molecule has 0 bridgehead atoms. The number of nitro groups is 1. The number of amides is 1. The second-order valence-corrected chi connectivity index (χ2v) is 9.35. The van der Waals surface area contributed by atoms with Gasteiger partial charge in [-0.25, -0.2) is 0 Å². The zero-order valence-electron chi connectivity index (χ0n) is 17.6. The quantitative estimate of drug-likeness (QED) is 0.313. The number of rotatable bonds is 7. The number of benzene rings is 2. The lowest BCUT2D eigenvalue weighted by molar-refractivity contribution is -0.384. The molecule has 0 unspecified atom stereocenters. The number of nitrogens with zero attached hydrogens (tertiary/aromatic N) is 3. The van der Waals surface area contributed by atoms with Crippen molar-refractivity contribution in [2.75, 3.05) is 26.2 Å². The fraction of sp³-hybridized carbons (Fsp3) is 0.261. The summed E-state index contributed by atoms with van der Waals surface area (Å²) in [6.45, 7) is 3.70. The monoisotopic (exact) mass is 505 g/mol. The standard InChI is InChI=1S/C23H21Cl2N3O4S/c24-20-2-1-3-21(25)19(20)13-26-8-10-27(11-9-26)23(29)22-12-16(15-33-22)14-32-18-6-4-17(5-7-18)28(30)31/h1-7,12,15H,8-11,13-14H2. The molecule has 0 saturated carbocycles. The van der Waals surface area contributed by atoms with Crippen molar-refractivity contribution in [3.05, 3.63) is 90.1 Å². The molecule has 1 fully saturated rings. The molecule has 1 amide bonds. The molecule has 172 valence electrons. The average molecular weight is 506 g/mol. The molecule has 0 aliphatic carbocycles. The molecule has 3 aromatic rings. The van der Waals surface area contributed by atoms with Crippen molar-refractivity contribution >= 4 is 46.1 Å². The molecule has 7 nitrogen and oxygen atoms in total. The van der Waals surface area contributed by atoms with Gasteiger partial charge in [0.05, 0.1) is 9.80 Å². The van der Waals surface area contributed by atoms with Gasteiger partial charge in [0, 0.05) is 66.0 Å². The van der Waals surface area contributed by atoms with E-state index in [1.54, 1.807) is 12.1 Å². The Labute approximate surface area is 205 Å². The molecular formula is C23H21Cl2N3O4S. The molecular weight excluding hydrogens is 485 g/mol. The van der Waals surface area contributed by atoms with Crippen molar-refractivity contribution in [1.29, 1.82) is 0 Å². The third-order valence-electron chi connectivity index (χ3n) is 5.42. The van der Waals surface area contributed by atoms with Crippen LogP contribution in [0.3, 0.4) is 0 Å². The highest BCUT2D eigenvalue weighted by atomic mass is 35.5. The van der Waals surface area contributed by atoms with Crippen LogP contribution in [0.25, 0.3) is 0 Å². The van der Waals surface area contributed by atoms with Crippen LogP contribution in [0.4, 0.5) is 5.69 Å². The Hall–Kier alpha value is -2.65. The Morgan fingerprint density at radius 2 is 1.73 bits per heavy atom. The third kappa shape index (κ3) is 5.83. The molecule has 1 aliphatic rings. The number of carbonyl (C=O) groups is 1. The SMILES string of the molecule is O=C(c1cc(COc2ccc([N+](=O)[O-])cc2)cs1)N1CCN(Cc2c(Cl)cccc2Cl)CC1. The van der Waals surface area contributed by atoms with Crippen molar-refractivity contribution in [3.63, 3.8) is 0 Å². The normalized spacial score (nSPS) is 14.3. The van der Waals surface area contributed by atoms with E-state index in [-0.39, 0.29) is 18.2 Å². The summed E-state index contributed by atoms with van der Waals surface area (Å²) < 4.78 is 5.69.